The molecule has 2 aromatic rings. The van der Waals surface area contributed by atoms with Crippen LogP contribution in [0.25, 0.3) is 11.5 Å². The molecule has 4 nitrogen and oxygen atoms in total. The van der Waals surface area contributed by atoms with E-state index in [1.807, 2.05) is 25.1 Å². The SMILES string of the molecule is CCCNc1cc(CCC)nc(-c2ncccc2C)n1. The standard InChI is InChI=1S/C16H22N4/c1-4-7-13-11-14(17-9-5-2)20-16(19-13)15-12(3)8-6-10-18-15/h6,8,10-11H,4-5,7,9H2,1-3H3,(H,17,19,20). The molecule has 2 aromatic heterocycles. The van der Waals surface area contributed by atoms with Crippen molar-refractivity contribution in [1.29, 1.82) is 0 Å². The Kier molecular flexibility index (Phi) is 5.04. The summed E-state index contributed by atoms with van der Waals surface area (Å²) in [6.45, 7) is 7.26. The Labute approximate surface area is 120 Å². The lowest BCUT2D eigenvalue weighted by molar-refractivity contribution is 0.870. The average molecular weight is 270 g/mol. The number of nitrogens with one attached hydrogen (secondary N) is 1. The van der Waals surface area contributed by atoms with Crippen LogP contribution in [0.3, 0.4) is 0 Å². The van der Waals surface area contributed by atoms with E-state index in [1.54, 1.807) is 6.20 Å². The summed E-state index contributed by atoms with van der Waals surface area (Å²) in [6, 6.07) is 6.02. The molecule has 0 radical (unpaired) electrons. The van der Waals surface area contributed by atoms with Gasteiger partial charge in [-0.2, -0.15) is 0 Å². The van der Waals surface area contributed by atoms with Gasteiger partial charge in [-0.1, -0.05) is 26.3 Å². The molecule has 1 N–H and O–H groups in total. The zero-order valence-corrected chi connectivity index (χ0v) is 12.5. The normalized spacial score (nSPS) is 10.6. The second-order valence-electron chi connectivity index (χ2n) is 4.91. The van der Waals surface area contributed by atoms with Gasteiger partial charge in [0.1, 0.15) is 11.5 Å². The summed E-state index contributed by atoms with van der Waals surface area (Å²) >= 11 is 0. The van der Waals surface area contributed by atoms with Gasteiger partial charge in [0.25, 0.3) is 0 Å². The molecule has 0 saturated heterocycles. The highest BCUT2D eigenvalue weighted by atomic mass is 15.0. The molecule has 2 heterocycles. The van der Waals surface area contributed by atoms with Crippen molar-refractivity contribution in [2.75, 3.05) is 11.9 Å². The molecule has 0 spiro atoms. The van der Waals surface area contributed by atoms with Crippen LogP contribution in [0.4, 0.5) is 5.82 Å². The van der Waals surface area contributed by atoms with Crippen molar-refractivity contribution in [3.05, 3.63) is 35.7 Å². The van der Waals surface area contributed by atoms with Crippen molar-refractivity contribution >= 4 is 5.82 Å². The first-order valence-corrected chi connectivity index (χ1v) is 7.28. The molecule has 0 amide bonds. The van der Waals surface area contributed by atoms with Crippen LogP contribution in [0.15, 0.2) is 24.4 Å². The van der Waals surface area contributed by atoms with Gasteiger partial charge in [0.2, 0.25) is 0 Å². The van der Waals surface area contributed by atoms with Crippen LogP contribution in [0.5, 0.6) is 0 Å². The highest BCUT2D eigenvalue weighted by Crippen LogP contribution is 2.19. The van der Waals surface area contributed by atoms with E-state index < -0.39 is 0 Å². The minimum absolute atomic E-state index is 0.715. The van der Waals surface area contributed by atoms with Crippen LogP contribution in [-0.2, 0) is 6.42 Å². The molecule has 0 aromatic carbocycles. The zero-order chi connectivity index (χ0) is 14.4. The average Bonchev–Trinajstić information content (AvgIpc) is 2.46. The Balaban J connectivity index is 2.40. The minimum atomic E-state index is 0.715. The van der Waals surface area contributed by atoms with E-state index in [0.717, 1.165) is 48.6 Å². The fraction of sp³-hybridized carbons (Fsp3) is 0.438. The summed E-state index contributed by atoms with van der Waals surface area (Å²) in [5, 5.41) is 3.34. The van der Waals surface area contributed by atoms with E-state index >= 15 is 0 Å². The molecule has 4 heteroatoms. The summed E-state index contributed by atoms with van der Waals surface area (Å²) in [5.74, 6) is 1.61. The summed E-state index contributed by atoms with van der Waals surface area (Å²) in [4.78, 5) is 13.7. The van der Waals surface area contributed by atoms with Crippen LogP contribution in [0.2, 0.25) is 0 Å². The maximum Gasteiger partial charge on any atom is 0.180 e. The first-order chi connectivity index (χ1) is 9.74. The Hall–Kier alpha value is -1.97. The summed E-state index contributed by atoms with van der Waals surface area (Å²) in [7, 11) is 0. The number of hydrogen-bond donors (Lipinski definition) is 1. The van der Waals surface area contributed by atoms with Crippen LogP contribution < -0.4 is 5.32 Å². The van der Waals surface area contributed by atoms with E-state index in [2.05, 4.69) is 34.1 Å². The first kappa shape index (κ1) is 14.4. The van der Waals surface area contributed by atoms with Crippen LogP contribution in [0.1, 0.15) is 37.9 Å². The van der Waals surface area contributed by atoms with Crippen molar-refractivity contribution in [3.8, 4) is 11.5 Å². The van der Waals surface area contributed by atoms with Gasteiger partial charge in [0.15, 0.2) is 5.82 Å². The van der Waals surface area contributed by atoms with E-state index in [0.29, 0.717) is 5.82 Å². The third-order valence-corrected chi connectivity index (χ3v) is 3.06. The summed E-state index contributed by atoms with van der Waals surface area (Å²) in [5.41, 5.74) is 3.04. The molecular formula is C16H22N4. The van der Waals surface area contributed by atoms with Gasteiger partial charge in [-0.05, 0) is 31.4 Å². The topological polar surface area (TPSA) is 50.7 Å². The third-order valence-electron chi connectivity index (χ3n) is 3.06. The number of hydrogen-bond acceptors (Lipinski definition) is 4. The molecule has 0 aliphatic heterocycles. The van der Waals surface area contributed by atoms with Crippen LogP contribution in [0, 0.1) is 6.92 Å². The second-order valence-corrected chi connectivity index (χ2v) is 4.91. The third kappa shape index (κ3) is 3.53. The Morgan fingerprint density at radius 1 is 1.15 bits per heavy atom. The number of nitrogens with zero attached hydrogens (tertiary/aromatic N) is 3. The molecule has 0 unspecified atom stereocenters. The number of rotatable bonds is 6. The van der Waals surface area contributed by atoms with Crippen molar-refractivity contribution in [1.82, 2.24) is 15.0 Å². The monoisotopic (exact) mass is 270 g/mol. The maximum atomic E-state index is 4.65. The predicted molar refractivity (Wildman–Crippen MR) is 82.8 cm³/mol. The molecule has 0 saturated carbocycles. The lowest BCUT2D eigenvalue weighted by Crippen LogP contribution is -2.06. The lowest BCUT2D eigenvalue weighted by atomic mass is 10.2. The number of anilines is 1. The molecule has 2 rings (SSSR count). The number of pyridine rings is 1. The predicted octanol–water partition coefficient (Wildman–Crippen LogP) is 3.62. The van der Waals surface area contributed by atoms with Gasteiger partial charge < -0.3 is 5.32 Å². The fourth-order valence-electron chi connectivity index (χ4n) is 2.05. The van der Waals surface area contributed by atoms with Crippen molar-refractivity contribution in [2.45, 2.75) is 40.0 Å². The Bertz CT molecular complexity index is 566. The van der Waals surface area contributed by atoms with E-state index in [1.165, 1.54) is 0 Å². The van der Waals surface area contributed by atoms with E-state index in [4.69, 9.17) is 0 Å². The van der Waals surface area contributed by atoms with Gasteiger partial charge in [-0.3, -0.25) is 4.98 Å². The largest absolute Gasteiger partial charge is 0.370 e. The molecule has 0 aliphatic rings. The Morgan fingerprint density at radius 3 is 2.70 bits per heavy atom. The lowest BCUT2D eigenvalue weighted by Gasteiger charge is -2.10. The number of aromatic nitrogens is 3. The fourth-order valence-corrected chi connectivity index (χ4v) is 2.05. The summed E-state index contributed by atoms with van der Waals surface area (Å²) in [6.07, 6.45) is 4.90. The molecule has 0 fully saturated rings. The molecule has 106 valence electrons. The molecular weight excluding hydrogens is 248 g/mol. The number of aryl methyl sites for hydroxylation is 2. The first-order valence-electron chi connectivity index (χ1n) is 7.28. The van der Waals surface area contributed by atoms with Crippen molar-refractivity contribution < 1.29 is 0 Å². The van der Waals surface area contributed by atoms with Crippen molar-refractivity contribution in [3.63, 3.8) is 0 Å². The minimum Gasteiger partial charge on any atom is -0.370 e. The zero-order valence-electron chi connectivity index (χ0n) is 12.5. The highest BCUT2D eigenvalue weighted by Gasteiger charge is 2.09. The molecule has 20 heavy (non-hydrogen) atoms. The van der Waals surface area contributed by atoms with Gasteiger partial charge in [0, 0.05) is 24.5 Å². The second kappa shape index (κ2) is 6.98. The highest BCUT2D eigenvalue weighted by molar-refractivity contribution is 5.57. The molecule has 0 atom stereocenters. The van der Waals surface area contributed by atoms with E-state index in [-0.39, 0.29) is 0 Å². The molecule has 0 aliphatic carbocycles. The Morgan fingerprint density at radius 2 is 2.00 bits per heavy atom. The van der Waals surface area contributed by atoms with Gasteiger partial charge in [0.05, 0.1) is 0 Å². The van der Waals surface area contributed by atoms with Crippen LogP contribution >= 0.6 is 0 Å². The van der Waals surface area contributed by atoms with Gasteiger partial charge >= 0.3 is 0 Å². The molecule has 0 bridgehead atoms. The van der Waals surface area contributed by atoms with E-state index in [9.17, 15) is 0 Å². The van der Waals surface area contributed by atoms with Crippen molar-refractivity contribution in [2.24, 2.45) is 0 Å². The van der Waals surface area contributed by atoms with Crippen LogP contribution in [-0.4, -0.2) is 21.5 Å². The maximum absolute atomic E-state index is 4.65. The quantitative estimate of drug-likeness (QED) is 0.871. The van der Waals surface area contributed by atoms with Gasteiger partial charge in [-0.15, -0.1) is 0 Å². The summed E-state index contributed by atoms with van der Waals surface area (Å²) < 4.78 is 0. The van der Waals surface area contributed by atoms with Gasteiger partial charge in [-0.25, -0.2) is 9.97 Å². The smallest absolute Gasteiger partial charge is 0.180 e.